The highest BCUT2D eigenvalue weighted by atomic mass is 16.6. The second-order valence-electron chi connectivity index (χ2n) is 5.03. The van der Waals surface area contributed by atoms with Gasteiger partial charge < -0.3 is 10.1 Å². The van der Waals surface area contributed by atoms with Crippen molar-refractivity contribution >= 4 is 5.97 Å². The van der Waals surface area contributed by atoms with Crippen LogP contribution in [-0.2, 0) is 9.53 Å². The van der Waals surface area contributed by atoms with E-state index in [4.69, 9.17) is 4.74 Å². The highest BCUT2D eigenvalue weighted by molar-refractivity contribution is 5.85. The number of esters is 1. The maximum Gasteiger partial charge on any atom is 0.327 e. The lowest BCUT2D eigenvalue weighted by Crippen LogP contribution is -2.43. The summed E-state index contributed by atoms with van der Waals surface area (Å²) >= 11 is 0. The van der Waals surface area contributed by atoms with Gasteiger partial charge in [-0.25, -0.2) is 0 Å². The Morgan fingerprint density at radius 2 is 2.14 bits per heavy atom. The van der Waals surface area contributed by atoms with Crippen LogP contribution in [-0.4, -0.2) is 24.2 Å². The zero-order valence-corrected chi connectivity index (χ0v) is 9.81. The van der Waals surface area contributed by atoms with Gasteiger partial charge in [0.1, 0.15) is 11.1 Å². The Hall–Kier alpha value is -0.570. The Morgan fingerprint density at radius 1 is 1.57 bits per heavy atom. The molecular weight excluding hydrogens is 178 g/mol. The molecule has 0 bridgehead atoms. The first-order valence-electron chi connectivity index (χ1n) is 5.28. The molecule has 0 radical (unpaired) electrons. The molecule has 0 aromatic carbocycles. The SMILES string of the molecule is CCC1CC1(NC)C(=O)OC(C)(C)C. The Morgan fingerprint density at radius 3 is 2.43 bits per heavy atom. The fourth-order valence-electron chi connectivity index (χ4n) is 1.85. The van der Waals surface area contributed by atoms with Crippen LogP contribution in [0.5, 0.6) is 0 Å². The van der Waals surface area contributed by atoms with Crippen molar-refractivity contribution in [3.8, 4) is 0 Å². The molecule has 1 rings (SSSR count). The lowest BCUT2D eigenvalue weighted by atomic mass is 10.1. The number of hydrogen-bond donors (Lipinski definition) is 1. The zero-order valence-electron chi connectivity index (χ0n) is 9.81. The molecule has 0 heterocycles. The summed E-state index contributed by atoms with van der Waals surface area (Å²) in [5, 5.41) is 3.10. The average molecular weight is 199 g/mol. The van der Waals surface area contributed by atoms with Crippen molar-refractivity contribution in [2.75, 3.05) is 7.05 Å². The highest BCUT2D eigenvalue weighted by Crippen LogP contribution is 2.46. The fourth-order valence-corrected chi connectivity index (χ4v) is 1.85. The van der Waals surface area contributed by atoms with Crippen LogP contribution in [0.4, 0.5) is 0 Å². The number of carbonyl (C=O) groups excluding carboxylic acids is 1. The van der Waals surface area contributed by atoms with E-state index in [1.807, 2.05) is 27.8 Å². The van der Waals surface area contributed by atoms with Gasteiger partial charge in [-0.1, -0.05) is 13.3 Å². The molecule has 2 unspecified atom stereocenters. The summed E-state index contributed by atoms with van der Waals surface area (Å²) in [6, 6.07) is 0. The van der Waals surface area contributed by atoms with Gasteiger partial charge in [-0.2, -0.15) is 0 Å². The van der Waals surface area contributed by atoms with Crippen molar-refractivity contribution in [1.29, 1.82) is 0 Å². The van der Waals surface area contributed by atoms with Gasteiger partial charge in [0, 0.05) is 0 Å². The molecule has 0 aliphatic heterocycles. The van der Waals surface area contributed by atoms with Crippen LogP contribution >= 0.6 is 0 Å². The summed E-state index contributed by atoms with van der Waals surface area (Å²) < 4.78 is 5.39. The van der Waals surface area contributed by atoms with E-state index >= 15 is 0 Å². The molecule has 1 N–H and O–H groups in total. The average Bonchev–Trinajstić information content (AvgIpc) is 2.76. The predicted molar refractivity (Wildman–Crippen MR) is 56.0 cm³/mol. The molecule has 2 atom stereocenters. The molecule has 82 valence electrons. The Balaban J connectivity index is 2.61. The molecule has 1 fully saturated rings. The van der Waals surface area contributed by atoms with Gasteiger partial charge in [0.15, 0.2) is 0 Å². The van der Waals surface area contributed by atoms with Gasteiger partial charge in [-0.3, -0.25) is 4.79 Å². The zero-order chi connectivity index (χ0) is 11.0. The van der Waals surface area contributed by atoms with Crippen molar-refractivity contribution in [2.24, 2.45) is 5.92 Å². The lowest BCUT2D eigenvalue weighted by molar-refractivity contribution is -0.159. The molecule has 1 aliphatic rings. The Labute approximate surface area is 86.2 Å². The minimum atomic E-state index is -0.387. The summed E-state index contributed by atoms with van der Waals surface area (Å²) in [7, 11) is 1.83. The monoisotopic (exact) mass is 199 g/mol. The van der Waals surface area contributed by atoms with Gasteiger partial charge in [0.25, 0.3) is 0 Å². The third-order valence-corrected chi connectivity index (χ3v) is 2.81. The van der Waals surface area contributed by atoms with Crippen LogP contribution in [0.2, 0.25) is 0 Å². The molecule has 0 aromatic rings. The van der Waals surface area contributed by atoms with E-state index in [2.05, 4.69) is 12.2 Å². The van der Waals surface area contributed by atoms with Crippen LogP contribution in [0.3, 0.4) is 0 Å². The Kier molecular flexibility index (Phi) is 2.91. The van der Waals surface area contributed by atoms with E-state index in [1.54, 1.807) is 0 Å². The lowest BCUT2D eigenvalue weighted by Gasteiger charge is -2.24. The van der Waals surface area contributed by atoms with E-state index in [0.717, 1.165) is 12.8 Å². The molecule has 0 saturated heterocycles. The van der Waals surface area contributed by atoms with E-state index in [9.17, 15) is 4.79 Å². The molecule has 14 heavy (non-hydrogen) atoms. The second-order valence-corrected chi connectivity index (χ2v) is 5.03. The van der Waals surface area contributed by atoms with Crippen LogP contribution in [0.15, 0.2) is 0 Å². The maximum absolute atomic E-state index is 11.9. The first-order chi connectivity index (χ1) is 6.35. The first kappa shape index (κ1) is 11.5. The quantitative estimate of drug-likeness (QED) is 0.703. The molecule has 0 aromatic heterocycles. The Bertz CT molecular complexity index is 232. The number of ether oxygens (including phenoxy) is 1. The van der Waals surface area contributed by atoms with Crippen LogP contribution in [0, 0.1) is 5.92 Å². The van der Waals surface area contributed by atoms with E-state index in [0.29, 0.717) is 5.92 Å². The van der Waals surface area contributed by atoms with Crippen LogP contribution < -0.4 is 5.32 Å². The van der Waals surface area contributed by atoms with Crippen molar-refractivity contribution < 1.29 is 9.53 Å². The summed E-state index contributed by atoms with van der Waals surface area (Å²) in [5.74, 6) is 0.349. The van der Waals surface area contributed by atoms with Crippen LogP contribution in [0.1, 0.15) is 40.5 Å². The third kappa shape index (κ3) is 2.08. The van der Waals surface area contributed by atoms with Crippen molar-refractivity contribution in [2.45, 2.75) is 51.7 Å². The normalized spacial score (nSPS) is 31.4. The first-order valence-corrected chi connectivity index (χ1v) is 5.28. The van der Waals surface area contributed by atoms with Crippen molar-refractivity contribution in [3.63, 3.8) is 0 Å². The molecule has 3 heteroatoms. The van der Waals surface area contributed by atoms with Crippen molar-refractivity contribution in [3.05, 3.63) is 0 Å². The van der Waals surface area contributed by atoms with E-state index < -0.39 is 0 Å². The summed E-state index contributed by atoms with van der Waals surface area (Å²) in [5.41, 5.74) is -0.774. The largest absolute Gasteiger partial charge is 0.459 e. The van der Waals surface area contributed by atoms with Gasteiger partial charge in [0.05, 0.1) is 0 Å². The maximum atomic E-state index is 11.9. The standard InChI is InChI=1S/C11H21NO2/c1-6-8-7-11(8,12-5)9(13)14-10(2,3)4/h8,12H,6-7H2,1-5H3. The minimum absolute atomic E-state index is 0.0978. The number of carbonyl (C=O) groups is 1. The molecule has 1 aliphatic carbocycles. The predicted octanol–water partition coefficient (Wildman–Crippen LogP) is 1.72. The topological polar surface area (TPSA) is 38.3 Å². The van der Waals surface area contributed by atoms with Gasteiger partial charge in [0.2, 0.25) is 0 Å². The number of rotatable bonds is 3. The molecule has 0 spiro atoms. The second kappa shape index (κ2) is 3.54. The summed E-state index contributed by atoms with van der Waals surface area (Å²) in [6.07, 6.45) is 1.94. The van der Waals surface area contributed by atoms with Gasteiger partial charge >= 0.3 is 5.97 Å². The minimum Gasteiger partial charge on any atom is -0.459 e. The fraction of sp³-hybridized carbons (Fsp3) is 0.909. The van der Waals surface area contributed by atoms with E-state index in [-0.39, 0.29) is 17.1 Å². The number of hydrogen-bond acceptors (Lipinski definition) is 3. The molecule has 3 nitrogen and oxygen atoms in total. The van der Waals surface area contributed by atoms with Crippen LogP contribution in [0.25, 0.3) is 0 Å². The van der Waals surface area contributed by atoms with Crippen molar-refractivity contribution in [1.82, 2.24) is 5.32 Å². The number of nitrogens with one attached hydrogen (secondary N) is 1. The molecular formula is C11H21NO2. The molecule has 0 amide bonds. The third-order valence-electron chi connectivity index (χ3n) is 2.81. The molecule has 1 saturated carbocycles. The van der Waals surface area contributed by atoms with E-state index in [1.165, 1.54) is 0 Å². The smallest absolute Gasteiger partial charge is 0.327 e. The number of likely N-dealkylation sites (N-methyl/N-ethyl adjacent to an activating group) is 1. The summed E-state index contributed by atoms with van der Waals surface area (Å²) in [4.78, 5) is 11.9. The summed E-state index contributed by atoms with van der Waals surface area (Å²) in [6.45, 7) is 7.81. The van der Waals surface area contributed by atoms with Gasteiger partial charge in [-0.05, 0) is 40.2 Å². The highest BCUT2D eigenvalue weighted by Gasteiger charge is 2.59. The van der Waals surface area contributed by atoms with Gasteiger partial charge in [-0.15, -0.1) is 0 Å².